The lowest BCUT2D eigenvalue weighted by molar-refractivity contribution is 0.444. The summed E-state index contributed by atoms with van der Waals surface area (Å²) in [6, 6.07) is 29.3. The van der Waals surface area contributed by atoms with Gasteiger partial charge in [0.15, 0.2) is 4.77 Å². The molecular formula is C21H16N2OS. The van der Waals surface area contributed by atoms with Gasteiger partial charge in [-0.2, -0.15) is 0 Å². The van der Waals surface area contributed by atoms with Gasteiger partial charge in [-0.05, 0) is 36.5 Å². The molecule has 25 heavy (non-hydrogen) atoms. The summed E-state index contributed by atoms with van der Waals surface area (Å²) in [7, 11) is 0. The summed E-state index contributed by atoms with van der Waals surface area (Å²) in [5.74, 6) is 0.131. The van der Waals surface area contributed by atoms with Crippen molar-refractivity contribution in [1.82, 2.24) is 9.13 Å². The molecule has 122 valence electrons. The van der Waals surface area contributed by atoms with Gasteiger partial charge in [-0.3, -0.25) is 9.13 Å². The van der Waals surface area contributed by atoms with Crippen LogP contribution in [0.5, 0.6) is 5.88 Å². The van der Waals surface area contributed by atoms with E-state index >= 15 is 0 Å². The molecule has 0 aliphatic heterocycles. The van der Waals surface area contributed by atoms with Crippen LogP contribution >= 0.6 is 12.2 Å². The highest BCUT2D eigenvalue weighted by Crippen LogP contribution is 2.35. The molecule has 0 bridgehead atoms. The van der Waals surface area contributed by atoms with Crippen LogP contribution in [-0.4, -0.2) is 14.2 Å². The quantitative estimate of drug-likeness (QED) is 0.506. The SMILES string of the molecule is Oc1c(-c2ccccc2)n(-c2ccccc2)c(=S)n1-c1ccccc1. The van der Waals surface area contributed by atoms with Crippen molar-refractivity contribution in [1.29, 1.82) is 0 Å². The van der Waals surface area contributed by atoms with Gasteiger partial charge in [-0.1, -0.05) is 66.7 Å². The second-order valence-corrected chi connectivity index (χ2v) is 6.03. The molecule has 0 atom stereocenters. The zero-order chi connectivity index (χ0) is 17.2. The lowest BCUT2D eigenvalue weighted by atomic mass is 10.1. The lowest BCUT2D eigenvalue weighted by Crippen LogP contribution is -1.98. The van der Waals surface area contributed by atoms with Crippen LogP contribution in [0.3, 0.4) is 0 Å². The summed E-state index contributed by atoms with van der Waals surface area (Å²) in [6.45, 7) is 0. The predicted molar refractivity (Wildman–Crippen MR) is 103 cm³/mol. The highest BCUT2D eigenvalue weighted by molar-refractivity contribution is 7.71. The summed E-state index contributed by atoms with van der Waals surface area (Å²) in [5, 5.41) is 11.0. The maximum Gasteiger partial charge on any atom is 0.223 e. The van der Waals surface area contributed by atoms with E-state index in [0.717, 1.165) is 16.9 Å². The molecule has 0 aliphatic carbocycles. The van der Waals surface area contributed by atoms with Crippen molar-refractivity contribution in [3.05, 3.63) is 95.8 Å². The standard InChI is InChI=1S/C21H16N2OS/c24-20-19(16-10-4-1-5-11-16)22(17-12-6-2-7-13-17)21(25)23(20)18-14-8-3-9-15-18/h1-15,24H. The monoisotopic (exact) mass is 344 g/mol. The van der Waals surface area contributed by atoms with Gasteiger partial charge in [0, 0.05) is 11.3 Å². The Morgan fingerprint density at radius 2 is 1.04 bits per heavy atom. The third kappa shape index (κ3) is 2.66. The number of benzene rings is 3. The Morgan fingerprint density at radius 1 is 0.600 bits per heavy atom. The number of para-hydroxylation sites is 2. The molecule has 4 rings (SSSR count). The minimum atomic E-state index is 0.131. The topological polar surface area (TPSA) is 30.1 Å². The van der Waals surface area contributed by atoms with Gasteiger partial charge in [0.1, 0.15) is 5.69 Å². The van der Waals surface area contributed by atoms with Crippen molar-refractivity contribution < 1.29 is 5.11 Å². The number of rotatable bonds is 3. The van der Waals surface area contributed by atoms with E-state index in [0.29, 0.717) is 10.5 Å². The summed E-state index contributed by atoms with van der Waals surface area (Å²) in [6.07, 6.45) is 0. The fourth-order valence-electron chi connectivity index (χ4n) is 2.97. The fraction of sp³-hybridized carbons (Fsp3) is 0. The minimum Gasteiger partial charge on any atom is -0.493 e. The number of aromatic nitrogens is 2. The number of hydrogen-bond acceptors (Lipinski definition) is 2. The van der Waals surface area contributed by atoms with Gasteiger partial charge in [-0.25, -0.2) is 0 Å². The predicted octanol–water partition coefficient (Wildman–Crippen LogP) is 5.37. The van der Waals surface area contributed by atoms with E-state index in [1.165, 1.54) is 0 Å². The van der Waals surface area contributed by atoms with E-state index in [-0.39, 0.29) is 5.88 Å². The van der Waals surface area contributed by atoms with Crippen LogP contribution in [0.1, 0.15) is 0 Å². The molecule has 0 fully saturated rings. The molecule has 0 saturated heterocycles. The molecule has 1 aromatic heterocycles. The molecule has 3 aromatic carbocycles. The average Bonchev–Trinajstić information content (AvgIpc) is 2.94. The van der Waals surface area contributed by atoms with E-state index in [1.807, 2.05) is 95.6 Å². The maximum atomic E-state index is 11.0. The van der Waals surface area contributed by atoms with Crippen LogP contribution in [0.15, 0.2) is 91.0 Å². The Hall–Kier alpha value is -3.11. The first-order valence-corrected chi connectivity index (χ1v) is 8.41. The lowest BCUT2D eigenvalue weighted by Gasteiger charge is -2.08. The van der Waals surface area contributed by atoms with Crippen molar-refractivity contribution in [2.75, 3.05) is 0 Å². The summed E-state index contributed by atoms with van der Waals surface area (Å²) in [4.78, 5) is 0. The van der Waals surface area contributed by atoms with Gasteiger partial charge in [0.2, 0.25) is 5.88 Å². The molecular weight excluding hydrogens is 328 g/mol. The number of imidazole rings is 1. The van der Waals surface area contributed by atoms with Gasteiger partial charge >= 0.3 is 0 Å². The molecule has 4 heteroatoms. The Labute approximate surface area is 151 Å². The van der Waals surface area contributed by atoms with Gasteiger partial charge in [0.05, 0.1) is 5.69 Å². The first kappa shape index (κ1) is 15.4. The molecule has 1 N–H and O–H groups in total. The van der Waals surface area contributed by atoms with Crippen LogP contribution in [0.25, 0.3) is 22.6 Å². The molecule has 0 amide bonds. The van der Waals surface area contributed by atoms with Crippen LogP contribution < -0.4 is 0 Å². The molecule has 0 unspecified atom stereocenters. The Morgan fingerprint density at radius 3 is 1.56 bits per heavy atom. The largest absolute Gasteiger partial charge is 0.493 e. The first-order chi connectivity index (χ1) is 12.3. The van der Waals surface area contributed by atoms with Crippen LogP contribution in [-0.2, 0) is 0 Å². The zero-order valence-corrected chi connectivity index (χ0v) is 14.2. The summed E-state index contributed by atoms with van der Waals surface area (Å²) >= 11 is 5.73. The Kier molecular flexibility index (Phi) is 3.96. The van der Waals surface area contributed by atoms with Gasteiger partial charge in [-0.15, -0.1) is 0 Å². The van der Waals surface area contributed by atoms with E-state index in [4.69, 9.17) is 12.2 Å². The van der Waals surface area contributed by atoms with E-state index in [1.54, 1.807) is 4.57 Å². The smallest absolute Gasteiger partial charge is 0.223 e. The second-order valence-electron chi connectivity index (χ2n) is 5.66. The molecule has 0 saturated carbocycles. The van der Waals surface area contributed by atoms with Crippen molar-refractivity contribution in [2.24, 2.45) is 0 Å². The highest BCUT2D eigenvalue weighted by atomic mass is 32.1. The normalized spacial score (nSPS) is 10.7. The third-order valence-electron chi connectivity index (χ3n) is 4.11. The van der Waals surface area contributed by atoms with Crippen LogP contribution in [0, 0.1) is 4.77 Å². The second kappa shape index (κ2) is 6.42. The summed E-state index contributed by atoms with van der Waals surface area (Å²) < 4.78 is 4.13. The van der Waals surface area contributed by atoms with Gasteiger partial charge in [0.25, 0.3) is 0 Å². The van der Waals surface area contributed by atoms with Crippen molar-refractivity contribution in [3.8, 4) is 28.5 Å². The number of hydrogen-bond donors (Lipinski definition) is 1. The first-order valence-electron chi connectivity index (χ1n) is 8.00. The average molecular weight is 344 g/mol. The third-order valence-corrected chi connectivity index (χ3v) is 4.47. The molecule has 1 heterocycles. The number of nitrogens with zero attached hydrogens (tertiary/aromatic N) is 2. The summed E-state index contributed by atoms with van der Waals surface area (Å²) in [5.41, 5.74) is 3.33. The molecule has 0 aliphatic rings. The molecule has 0 spiro atoms. The van der Waals surface area contributed by atoms with E-state index in [2.05, 4.69) is 0 Å². The van der Waals surface area contributed by atoms with Gasteiger partial charge < -0.3 is 5.11 Å². The van der Waals surface area contributed by atoms with Crippen LogP contribution in [0.2, 0.25) is 0 Å². The molecule has 0 radical (unpaired) electrons. The maximum absolute atomic E-state index is 11.0. The van der Waals surface area contributed by atoms with Crippen LogP contribution in [0.4, 0.5) is 0 Å². The fourth-order valence-corrected chi connectivity index (χ4v) is 3.36. The molecule has 3 nitrogen and oxygen atoms in total. The van der Waals surface area contributed by atoms with Crippen molar-refractivity contribution in [2.45, 2.75) is 0 Å². The van der Waals surface area contributed by atoms with Crippen molar-refractivity contribution in [3.63, 3.8) is 0 Å². The minimum absolute atomic E-state index is 0.131. The zero-order valence-electron chi connectivity index (χ0n) is 13.4. The highest BCUT2D eigenvalue weighted by Gasteiger charge is 2.20. The number of aromatic hydroxyl groups is 1. The Balaban J connectivity index is 2.08. The molecule has 4 aromatic rings. The van der Waals surface area contributed by atoms with E-state index < -0.39 is 0 Å². The van der Waals surface area contributed by atoms with E-state index in [9.17, 15) is 5.11 Å². The Bertz CT molecular complexity index is 1050. The van der Waals surface area contributed by atoms with Crippen molar-refractivity contribution >= 4 is 12.2 Å².